The monoisotopic (exact) mass is 424 g/mol. The molecule has 0 bridgehead atoms. The number of aliphatic carboxylic acids is 1. The third kappa shape index (κ3) is 5.69. The molecule has 0 saturated heterocycles. The van der Waals surface area contributed by atoms with Gasteiger partial charge in [0.1, 0.15) is 11.6 Å². The van der Waals surface area contributed by atoms with E-state index in [1.54, 1.807) is 11.3 Å². The Hall–Kier alpha value is -4.14. The molecule has 152 valence electrons. The first-order chi connectivity index (χ1) is 15.1. The number of benzene rings is 3. The van der Waals surface area contributed by atoms with E-state index < -0.39 is 11.5 Å². The number of nitrogens with zero attached hydrogens (tertiary/aromatic N) is 2. The van der Waals surface area contributed by atoms with Gasteiger partial charge in [-0.15, -0.1) is 11.3 Å². The van der Waals surface area contributed by atoms with Gasteiger partial charge in [-0.1, -0.05) is 61.2 Å². The second-order valence-corrected chi connectivity index (χ2v) is 7.37. The fraction of sp³-hybridized carbons (Fsp3) is 0. The lowest BCUT2D eigenvalue weighted by Crippen LogP contribution is -2.09. The molecule has 1 N–H and O–H groups in total. The number of carbonyl (C=O) groups is 1. The Morgan fingerprint density at radius 1 is 0.806 bits per heavy atom. The summed E-state index contributed by atoms with van der Waals surface area (Å²) in [5.41, 5.74) is 4.31. The summed E-state index contributed by atoms with van der Waals surface area (Å²) < 4.78 is 0. The number of carboxylic acid groups (broad SMARTS) is 1. The average Bonchev–Trinajstić information content (AvgIpc) is 3.36. The van der Waals surface area contributed by atoms with E-state index in [1.807, 2.05) is 12.1 Å². The Morgan fingerprint density at radius 3 is 1.71 bits per heavy atom. The highest BCUT2D eigenvalue weighted by Crippen LogP contribution is 2.35. The van der Waals surface area contributed by atoms with Crippen LogP contribution in [0.5, 0.6) is 0 Å². The highest BCUT2D eigenvalue weighted by Gasteiger charge is 2.11. The van der Waals surface area contributed by atoms with Crippen LogP contribution in [0.2, 0.25) is 0 Å². The van der Waals surface area contributed by atoms with E-state index in [0.29, 0.717) is 0 Å². The number of thiophene rings is 1. The molecule has 0 fully saturated rings. The lowest BCUT2D eigenvalue weighted by molar-refractivity contribution is -0.132. The van der Waals surface area contributed by atoms with Gasteiger partial charge in [-0.3, -0.25) is 0 Å². The zero-order valence-corrected chi connectivity index (χ0v) is 17.5. The van der Waals surface area contributed by atoms with Gasteiger partial charge in [0.25, 0.3) is 0 Å². The molecule has 0 unspecified atom stereocenters. The van der Waals surface area contributed by atoms with E-state index >= 15 is 0 Å². The quantitative estimate of drug-likeness (QED) is 0.276. The molecule has 0 aliphatic heterocycles. The average molecular weight is 425 g/mol. The predicted molar refractivity (Wildman–Crippen MR) is 127 cm³/mol. The Balaban J connectivity index is 0.000000339. The Labute approximate surface area is 185 Å². The number of hydrogen-bond acceptors (Lipinski definition) is 4. The third-order valence-corrected chi connectivity index (χ3v) is 5.27. The summed E-state index contributed by atoms with van der Waals surface area (Å²) in [5.74, 6) is -1.26. The van der Waals surface area contributed by atoms with Gasteiger partial charge in [-0.25, -0.2) is 4.79 Å². The zero-order chi connectivity index (χ0) is 22.1. The molecule has 0 amide bonds. The maximum absolute atomic E-state index is 9.61. The molecule has 1 aromatic heterocycles. The van der Waals surface area contributed by atoms with Crippen molar-refractivity contribution in [2.45, 2.75) is 0 Å². The minimum Gasteiger partial charge on any atom is -0.477 e. The highest BCUT2D eigenvalue weighted by molar-refractivity contribution is 7.13. The van der Waals surface area contributed by atoms with Crippen molar-refractivity contribution in [2.75, 3.05) is 4.90 Å². The standard InChI is InChI=1S/C22H17NS.C4H3NO2/c1-3-8-19(9-4-1)23(20-10-5-2-6-11-20)21-15-13-18(14-16-21)22-12-7-17-24-22;1-3(2-5)4(6)7/h1-17H;1H2,(H,6,7). The molecule has 0 saturated carbocycles. The van der Waals surface area contributed by atoms with Crippen molar-refractivity contribution in [1.29, 1.82) is 5.26 Å². The number of hydrogen-bond donors (Lipinski definition) is 1. The van der Waals surface area contributed by atoms with Crippen LogP contribution >= 0.6 is 11.3 Å². The SMILES string of the molecule is C=C(C#N)C(=O)O.c1ccc(N(c2ccccc2)c2ccc(-c3cccs3)cc2)cc1. The predicted octanol–water partition coefficient (Wildman–Crippen LogP) is 7.04. The molecule has 5 heteroatoms. The van der Waals surface area contributed by atoms with E-state index in [2.05, 4.69) is 102 Å². The molecule has 0 aliphatic carbocycles. The van der Waals surface area contributed by atoms with Gasteiger partial charge in [0.05, 0.1) is 0 Å². The van der Waals surface area contributed by atoms with Gasteiger partial charge in [-0.05, 0) is 53.4 Å². The lowest BCUT2D eigenvalue weighted by atomic mass is 10.1. The topological polar surface area (TPSA) is 64.3 Å². The van der Waals surface area contributed by atoms with E-state index in [9.17, 15) is 4.79 Å². The van der Waals surface area contributed by atoms with Crippen LogP contribution in [0.4, 0.5) is 17.1 Å². The van der Waals surface area contributed by atoms with Crippen molar-refractivity contribution in [1.82, 2.24) is 0 Å². The van der Waals surface area contributed by atoms with Crippen LogP contribution in [0.1, 0.15) is 0 Å². The molecule has 4 nitrogen and oxygen atoms in total. The van der Waals surface area contributed by atoms with Crippen molar-refractivity contribution < 1.29 is 9.90 Å². The first-order valence-electron chi connectivity index (χ1n) is 9.46. The molecule has 0 atom stereocenters. The highest BCUT2D eigenvalue weighted by atomic mass is 32.1. The zero-order valence-electron chi connectivity index (χ0n) is 16.7. The van der Waals surface area contributed by atoms with Crippen LogP contribution in [-0.2, 0) is 4.79 Å². The van der Waals surface area contributed by atoms with Gasteiger partial charge in [0.2, 0.25) is 0 Å². The summed E-state index contributed by atoms with van der Waals surface area (Å²) in [6, 6.07) is 35.3. The number of anilines is 3. The van der Waals surface area contributed by atoms with Gasteiger partial charge >= 0.3 is 5.97 Å². The molecule has 4 aromatic rings. The lowest BCUT2D eigenvalue weighted by Gasteiger charge is -2.25. The fourth-order valence-corrected chi connectivity index (χ4v) is 3.60. The Kier molecular flexibility index (Phi) is 7.36. The summed E-state index contributed by atoms with van der Waals surface area (Å²) >= 11 is 1.77. The summed E-state index contributed by atoms with van der Waals surface area (Å²) in [6.45, 7) is 2.91. The first kappa shape index (κ1) is 21.6. The van der Waals surface area contributed by atoms with Gasteiger partial charge < -0.3 is 10.0 Å². The maximum atomic E-state index is 9.61. The van der Waals surface area contributed by atoms with E-state index in [1.165, 1.54) is 16.5 Å². The number of carboxylic acids is 1. The molecule has 1 heterocycles. The molecule has 31 heavy (non-hydrogen) atoms. The molecule has 0 spiro atoms. The van der Waals surface area contributed by atoms with Crippen LogP contribution in [0.25, 0.3) is 10.4 Å². The number of para-hydroxylation sites is 2. The summed E-state index contributed by atoms with van der Waals surface area (Å²) in [5, 5.41) is 17.7. The third-order valence-electron chi connectivity index (χ3n) is 4.35. The van der Waals surface area contributed by atoms with E-state index in [0.717, 1.165) is 17.1 Å². The minimum absolute atomic E-state index is 0.431. The van der Waals surface area contributed by atoms with Crippen LogP contribution in [0.15, 0.2) is 115 Å². The van der Waals surface area contributed by atoms with Crippen molar-refractivity contribution in [2.24, 2.45) is 0 Å². The molecular weight excluding hydrogens is 404 g/mol. The van der Waals surface area contributed by atoms with Gasteiger partial charge in [0, 0.05) is 21.9 Å². The summed E-state index contributed by atoms with van der Waals surface area (Å²) in [7, 11) is 0. The van der Waals surface area contributed by atoms with Crippen LogP contribution in [0, 0.1) is 11.3 Å². The second-order valence-electron chi connectivity index (χ2n) is 6.43. The summed E-state index contributed by atoms with van der Waals surface area (Å²) in [4.78, 5) is 13.2. The smallest absolute Gasteiger partial charge is 0.345 e. The van der Waals surface area contributed by atoms with Crippen LogP contribution < -0.4 is 4.90 Å². The van der Waals surface area contributed by atoms with Crippen molar-refractivity contribution in [3.05, 3.63) is 115 Å². The van der Waals surface area contributed by atoms with Crippen molar-refractivity contribution >= 4 is 34.4 Å². The summed E-state index contributed by atoms with van der Waals surface area (Å²) in [6.07, 6.45) is 0. The Bertz CT molecular complexity index is 1120. The van der Waals surface area contributed by atoms with Crippen LogP contribution in [-0.4, -0.2) is 11.1 Å². The van der Waals surface area contributed by atoms with Gasteiger partial charge in [0.15, 0.2) is 0 Å². The molecule has 3 aromatic carbocycles. The fourth-order valence-electron chi connectivity index (χ4n) is 2.87. The first-order valence-corrected chi connectivity index (χ1v) is 10.3. The van der Waals surface area contributed by atoms with E-state index in [-0.39, 0.29) is 0 Å². The molecule has 0 radical (unpaired) electrons. The molecule has 4 rings (SSSR count). The van der Waals surface area contributed by atoms with Gasteiger partial charge in [-0.2, -0.15) is 5.26 Å². The number of nitriles is 1. The molecule has 0 aliphatic rings. The number of rotatable bonds is 5. The second kappa shape index (κ2) is 10.6. The van der Waals surface area contributed by atoms with Crippen molar-refractivity contribution in [3.63, 3.8) is 0 Å². The normalized spacial score (nSPS) is 9.65. The van der Waals surface area contributed by atoms with Crippen LogP contribution in [0.3, 0.4) is 0 Å². The molecular formula is C26H20N2O2S. The maximum Gasteiger partial charge on any atom is 0.345 e. The van der Waals surface area contributed by atoms with Crippen molar-refractivity contribution in [3.8, 4) is 16.5 Å². The minimum atomic E-state index is -1.26. The largest absolute Gasteiger partial charge is 0.477 e. The Morgan fingerprint density at radius 2 is 1.32 bits per heavy atom. The van der Waals surface area contributed by atoms with E-state index in [4.69, 9.17) is 10.4 Å².